The lowest BCUT2D eigenvalue weighted by Gasteiger charge is -2.43. The highest BCUT2D eigenvalue weighted by atomic mass is 32.2. The van der Waals surface area contributed by atoms with E-state index in [4.69, 9.17) is 4.74 Å². The second-order valence-electron chi connectivity index (χ2n) is 6.86. The van der Waals surface area contributed by atoms with Crippen LogP contribution in [-0.2, 0) is 9.53 Å². The Labute approximate surface area is 121 Å². The topological polar surface area (TPSA) is 29.5 Å². The van der Waals surface area contributed by atoms with Gasteiger partial charge in [-0.2, -0.15) is 11.8 Å². The first kappa shape index (κ1) is 15.3. The van der Waals surface area contributed by atoms with Crippen LogP contribution in [0.2, 0.25) is 0 Å². The summed E-state index contributed by atoms with van der Waals surface area (Å²) < 4.78 is 5.42. The van der Waals surface area contributed by atoms with Gasteiger partial charge in [0.05, 0.1) is 13.2 Å². The summed E-state index contributed by atoms with van der Waals surface area (Å²) in [6, 6.07) is 0. The minimum Gasteiger partial charge on any atom is -0.379 e. The number of carbonyl (C=O) groups is 1. The number of rotatable bonds is 3. The van der Waals surface area contributed by atoms with E-state index in [0.29, 0.717) is 5.78 Å². The number of ether oxygens (including phenoxy) is 1. The molecule has 0 unspecified atom stereocenters. The van der Waals surface area contributed by atoms with Gasteiger partial charge < -0.3 is 4.74 Å². The summed E-state index contributed by atoms with van der Waals surface area (Å²) in [4.78, 5) is 15.4. The summed E-state index contributed by atoms with van der Waals surface area (Å²) in [7, 11) is 0. The first-order chi connectivity index (χ1) is 8.94. The number of nitrogens with zero attached hydrogens (tertiary/aromatic N) is 1. The van der Waals surface area contributed by atoms with Crippen molar-refractivity contribution in [3.8, 4) is 0 Å². The lowest BCUT2D eigenvalue weighted by atomic mass is 9.68. The van der Waals surface area contributed by atoms with Gasteiger partial charge in [0.1, 0.15) is 5.78 Å². The van der Waals surface area contributed by atoms with E-state index in [2.05, 4.69) is 25.7 Å². The monoisotopic (exact) mass is 285 g/mol. The van der Waals surface area contributed by atoms with Crippen LogP contribution >= 0.6 is 11.8 Å². The third kappa shape index (κ3) is 3.73. The second-order valence-corrected chi connectivity index (χ2v) is 8.09. The van der Waals surface area contributed by atoms with Crippen LogP contribution in [0.3, 0.4) is 0 Å². The van der Waals surface area contributed by atoms with Gasteiger partial charge in [-0.3, -0.25) is 9.69 Å². The highest BCUT2D eigenvalue weighted by Crippen LogP contribution is 2.41. The molecule has 2 aliphatic rings. The first-order valence-electron chi connectivity index (χ1n) is 7.37. The zero-order valence-corrected chi connectivity index (χ0v) is 13.4. The molecule has 0 aromatic rings. The molecule has 0 N–H and O–H groups in total. The number of Topliss-reactive ketones (excluding diaryl/α,β-unsaturated/α-hetero) is 1. The second kappa shape index (κ2) is 6.15. The van der Waals surface area contributed by atoms with Gasteiger partial charge in [0, 0.05) is 30.5 Å². The minimum atomic E-state index is -0.228. The van der Waals surface area contributed by atoms with Gasteiger partial charge in [-0.25, -0.2) is 0 Å². The average molecular weight is 285 g/mol. The molecular weight excluding hydrogens is 258 g/mol. The van der Waals surface area contributed by atoms with E-state index in [-0.39, 0.29) is 10.8 Å². The lowest BCUT2D eigenvalue weighted by Crippen LogP contribution is -2.51. The van der Waals surface area contributed by atoms with Crippen molar-refractivity contribution in [3.63, 3.8) is 0 Å². The van der Waals surface area contributed by atoms with Gasteiger partial charge >= 0.3 is 0 Å². The van der Waals surface area contributed by atoms with E-state index < -0.39 is 0 Å². The van der Waals surface area contributed by atoms with E-state index >= 15 is 0 Å². The molecular formula is C15H27NO2S. The van der Waals surface area contributed by atoms with Gasteiger partial charge in [0.15, 0.2) is 0 Å². The number of ketones is 1. The number of thioether (sulfide) groups is 1. The Bertz CT molecular complexity index is 313. The molecule has 0 bridgehead atoms. The maximum atomic E-state index is 12.9. The van der Waals surface area contributed by atoms with Crippen LogP contribution in [0.25, 0.3) is 0 Å². The summed E-state index contributed by atoms with van der Waals surface area (Å²) in [5.41, 5.74) is -0.338. The maximum Gasteiger partial charge on any atom is 0.145 e. The Morgan fingerprint density at radius 3 is 2.32 bits per heavy atom. The van der Waals surface area contributed by atoms with Crippen LogP contribution in [0.5, 0.6) is 0 Å². The number of hydrogen-bond acceptors (Lipinski definition) is 4. The van der Waals surface area contributed by atoms with Crippen LogP contribution in [0, 0.1) is 10.8 Å². The van der Waals surface area contributed by atoms with Crippen molar-refractivity contribution in [1.82, 2.24) is 4.90 Å². The third-order valence-electron chi connectivity index (χ3n) is 4.24. The van der Waals surface area contributed by atoms with Crippen LogP contribution in [0.1, 0.15) is 33.6 Å². The van der Waals surface area contributed by atoms with Crippen molar-refractivity contribution in [2.75, 3.05) is 44.4 Å². The molecule has 4 heteroatoms. The molecule has 2 fully saturated rings. The van der Waals surface area contributed by atoms with Crippen molar-refractivity contribution in [3.05, 3.63) is 0 Å². The lowest BCUT2D eigenvalue weighted by molar-refractivity contribution is -0.139. The van der Waals surface area contributed by atoms with Crippen molar-refractivity contribution in [2.24, 2.45) is 10.8 Å². The summed E-state index contributed by atoms with van der Waals surface area (Å²) in [5, 5.41) is 0. The van der Waals surface area contributed by atoms with Crippen molar-refractivity contribution < 1.29 is 9.53 Å². The molecule has 2 rings (SSSR count). The molecule has 0 aromatic carbocycles. The Kier molecular flexibility index (Phi) is 4.96. The Hall–Kier alpha value is -0.0600. The summed E-state index contributed by atoms with van der Waals surface area (Å²) >= 11 is 1.99. The fourth-order valence-electron chi connectivity index (χ4n) is 3.20. The van der Waals surface area contributed by atoms with E-state index in [9.17, 15) is 4.79 Å². The van der Waals surface area contributed by atoms with E-state index in [1.54, 1.807) is 0 Å². The number of morpholine rings is 1. The smallest absolute Gasteiger partial charge is 0.145 e. The molecule has 110 valence electrons. The molecule has 3 nitrogen and oxygen atoms in total. The van der Waals surface area contributed by atoms with Gasteiger partial charge in [0.2, 0.25) is 0 Å². The molecule has 0 aromatic heterocycles. The predicted molar refractivity (Wildman–Crippen MR) is 80.7 cm³/mol. The fourth-order valence-corrected chi connectivity index (χ4v) is 4.48. The van der Waals surface area contributed by atoms with Crippen molar-refractivity contribution in [1.29, 1.82) is 0 Å². The van der Waals surface area contributed by atoms with Crippen molar-refractivity contribution >= 4 is 17.5 Å². The zero-order chi connectivity index (χ0) is 13.9. The molecule has 2 saturated heterocycles. The van der Waals surface area contributed by atoms with Gasteiger partial charge in [-0.15, -0.1) is 0 Å². The summed E-state index contributed by atoms with van der Waals surface area (Å²) in [6.45, 7) is 10.7. The average Bonchev–Trinajstić information content (AvgIpc) is 2.39. The normalized spacial score (nSPS) is 25.2. The van der Waals surface area contributed by atoms with Crippen LogP contribution in [-0.4, -0.2) is 55.0 Å². The predicted octanol–water partition coefficient (Wildman–Crippen LogP) is 2.45. The molecule has 0 spiro atoms. The third-order valence-corrected chi connectivity index (χ3v) is 5.23. The molecule has 0 saturated carbocycles. The molecule has 0 atom stereocenters. The molecule has 2 aliphatic heterocycles. The van der Waals surface area contributed by atoms with E-state index in [0.717, 1.165) is 57.2 Å². The summed E-state index contributed by atoms with van der Waals surface area (Å²) in [6.07, 6.45) is 2.09. The number of hydrogen-bond donors (Lipinski definition) is 0. The largest absolute Gasteiger partial charge is 0.379 e. The maximum absolute atomic E-state index is 12.9. The van der Waals surface area contributed by atoms with E-state index in [1.807, 2.05) is 11.8 Å². The van der Waals surface area contributed by atoms with Crippen LogP contribution in [0.15, 0.2) is 0 Å². The molecule has 2 heterocycles. The fraction of sp³-hybridized carbons (Fsp3) is 0.933. The van der Waals surface area contributed by atoms with Gasteiger partial charge in [-0.1, -0.05) is 20.8 Å². The SMILES string of the molecule is CC(C)(C)C(=O)C1(CN2CCOCC2)CCSCC1. The standard InChI is InChI=1S/C15H27NO2S/c1-14(2,3)13(17)15(4-10-19-11-5-15)12-16-6-8-18-9-7-16/h4-12H2,1-3H3. The van der Waals surface area contributed by atoms with Crippen molar-refractivity contribution in [2.45, 2.75) is 33.6 Å². The molecule has 0 amide bonds. The number of carbonyl (C=O) groups excluding carboxylic acids is 1. The Balaban J connectivity index is 2.11. The van der Waals surface area contributed by atoms with Gasteiger partial charge in [-0.05, 0) is 24.3 Å². The van der Waals surface area contributed by atoms with Crippen LogP contribution < -0.4 is 0 Å². The Morgan fingerprint density at radius 1 is 1.21 bits per heavy atom. The summed E-state index contributed by atoms with van der Waals surface area (Å²) in [5.74, 6) is 2.73. The molecule has 0 aliphatic carbocycles. The highest BCUT2D eigenvalue weighted by Gasteiger charge is 2.45. The molecule has 0 radical (unpaired) electrons. The van der Waals surface area contributed by atoms with E-state index in [1.165, 1.54) is 0 Å². The zero-order valence-electron chi connectivity index (χ0n) is 12.5. The van der Waals surface area contributed by atoms with Crippen LogP contribution in [0.4, 0.5) is 0 Å². The highest BCUT2D eigenvalue weighted by molar-refractivity contribution is 7.99. The van der Waals surface area contributed by atoms with Gasteiger partial charge in [0.25, 0.3) is 0 Å². The Morgan fingerprint density at radius 2 is 1.79 bits per heavy atom. The first-order valence-corrected chi connectivity index (χ1v) is 8.52. The molecule has 19 heavy (non-hydrogen) atoms. The minimum absolute atomic E-state index is 0.110. The quantitative estimate of drug-likeness (QED) is 0.796.